The van der Waals surface area contributed by atoms with Crippen LogP contribution in [0.5, 0.6) is 0 Å². The molecule has 1 aliphatic rings. The van der Waals surface area contributed by atoms with Gasteiger partial charge >= 0.3 is 0 Å². The Bertz CT molecular complexity index is 235. The van der Waals surface area contributed by atoms with Crippen molar-refractivity contribution in [3.63, 3.8) is 0 Å². The SMILES string of the molecule is CCC1OCCC1C(=O)NCCCC(C)CBr. The van der Waals surface area contributed by atoms with Crippen LogP contribution in [0.15, 0.2) is 0 Å². The number of hydrogen-bond acceptors (Lipinski definition) is 2. The second-order valence-electron chi connectivity index (χ2n) is 4.91. The standard InChI is InChI=1S/C13H24BrNO2/c1-3-12-11(6-8-17-12)13(16)15-7-4-5-10(2)9-14/h10-12H,3-9H2,1-2H3,(H,15,16). The van der Waals surface area contributed by atoms with Gasteiger partial charge in [0, 0.05) is 18.5 Å². The van der Waals surface area contributed by atoms with E-state index < -0.39 is 0 Å². The maximum absolute atomic E-state index is 11.9. The highest BCUT2D eigenvalue weighted by molar-refractivity contribution is 9.09. The lowest BCUT2D eigenvalue weighted by Gasteiger charge is -2.16. The minimum atomic E-state index is 0.0774. The zero-order valence-corrected chi connectivity index (χ0v) is 12.5. The Labute approximate surface area is 113 Å². The maximum atomic E-state index is 11.9. The molecular weight excluding hydrogens is 282 g/mol. The molecule has 0 saturated carbocycles. The summed E-state index contributed by atoms with van der Waals surface area (Å²) in [7, 11) is 0. The average molecular weight is 306 g/mol. The molecule has 0 bridgehead atoms. The Morgan fingerprint density at radius 2 is 2.35 bits per heavy atom. The van der Waals surface area contributed by atoms with Gasteiger partial charge in [-0.05, 0) is 31.6 Å². The summed E-state index contributed by atoms with van der Waals surface area (Å²) in [4.78, 5) is 11.9. The van der Waals surface area contributed by atoms with Gasteiger partial charge in [0.1, 0.15) is 0 Å². The van der Waals surface area contributed by atoms with Crippen molar-refractivity contribution in [3.8, 4) is 0 Å². The summed E-state index contributed by atoms with van der Waals surface area (Å²) in [5.74, 6) is 0.944. The first-order valence-corrected chi connectivity index (χ1v) is 7.76. The number of hydrogen-bond donors (Lipinski definition) is 1. The van der Waals surface area contributed by atoms with E-state index in [1.54, 1.807) is 0 Å². The summed E-state index contributed by atoms with van der Waals surface area (Å²) in [5.41, 5.74) is 0. The third-order valence-corrected chi connectivity index (χ3v) is 4.49. The van der Waals surface area contributed by atoms with Crippen LogP contribution in [0.1, 0.15) is 39.5 Å². The van der Waals surface area contributed by atoms with Crippen LogP contribution in [0, 0.1) is 11.8 Å². The summed E-state index contributed by atoms with van der Waals surface area (Å²) in [6, 6.07) is 0. The summed E-state index contributed by atoms with van der Waals surface area (Å²) in [6.45, 7) is 5.82. The second kappa shape index (κ2) is 8.09. The Morgan fingerprint density at radius 3 is 3.00 bits per heavy atom. The first-order valence-electron chi connectivity index (χ1n) is 6.64. The first kappa shape index (κ1) is 15.0. The van der Waals surface area contributed by atoms with Gasteiger partial charge in [0.2, 0.25) is 5.91 Å². The van der Waals surface area contributed by atoms with E-state index in [0.717, 1.165) is 44.2 Å². The molecule has 0 spiro atoms. The van der Waals surface area contributed by atoms with Gasteiger partial charge in [-0.15, -0.1) is 0 Å². The van der Waals surface area contributed by atoms with Crippen LogP contribution >= 0.6 is 15.9 Å². The fourth-order valence-electron chi connectivity index (χ4n) is 2.22. The van der Waals surface area contributed by atoms with Crippen molar-refractivity contribution in [3.05, 3.63) is 0 Å². The van der Waals surface area contributed by atoms with Crippen LogP contribution in [0.25, 0.3) is 0 Å². The van der Waals surface area contributed by atoms with E-state index >= 15 is 0 Å². The van der Waals surface area contributed by atoms with Crippen LogP contribution in [0.4, 0.5) is 0 Å². The van der Waals surface area contributed by atoms with Crippen LogP contribution in [0.3, 0.4) is 0 Å². The molecule has 3 atom stereocenters. The molecule has 1 aliphatic heterocycles. The molecule has 4 heteroatoms. The van der Waals surface area contributed by atoms with Crippen LogP contribution in [-0.4, -0.2) is 30.5 Å². The van der Waals surface area contributed by atoms with Gasteiger partial charge in [-0.3, -0.25) is 4.79 Å². The quantitative estimate of drug-likeness (QED) is 0.580. The van der Waals surface area contributed by atoms with Gasteiger partial charge in [0.15, 0.2) is 0 Å². The Balaban J connectivity index is 2.16. The molecule has 0 radical (unpaired) electrons. The number of ether oxygens (including phenoxy) is 1. The van der Waals surface area contributed by atoms with Crippen molar-refractivity contribution >= 4 is 21.8 Å². The zero-order valence-electron chi connectivity index (χ0n) is 10.9. The van der Waals surface area contributed by atoms with E-state index in [9.17, 15) is 4.79 Å². The molecule has 1 amide bonds. The molecule has 17 heavy (non-hydrogen) atoms. The van der Waals surface area contributed by atoms with Gasteiger partial charge in [0.25, 0.3) is 0 Å². The summed E-state index contributed by atoms with van der Waals surface area (Å²) >= 11 is 3.46. The van der Waals surface area contributed by atoms with Gasteiger partial charge in [0.05, 0.1) is 12.0 Å². The lowest BCUT2D eigenvalue weighted by atomic mass is 9.98. The van der Waals surface area contributed by atoms with Crippen LogP contribution < -0.4 is 5.32 Å². The van der Waals surface area contributed by atoms with Gasteiger partial charge < -0.3 is 10.1 Å². The number of nitrogens with one attached hydrogen (secondary N) is 1. The van der Waals surface area contributed by atoms with Crippen molar-refractivity contribution in [2.75, 3.05) is 18.5 Å². The van der Waals surface area contributed by atoms with Crippen molar-refractivity contribution < 1.29 is 9.53 Å². The van der Waals surface area contributed by atoms with Crippen molar-refractivity contribution in [2.45, 2.75) is 45.6 Å². The summed E-state index contributed by atoms with van der Waals surface area (Å²) in [6.07, 6.45) is 4.16. The van der Waals surface area contributed by atoms with Crippen molar-refractivity contribution in [2.24, 2.45) is 11.8 Å². The summed E-state index contributed by atoms with van der Waals surface area (Å²) in [5, 5.41) is 4.07. The zero-order chi connectivity index (χ0) is 12.7. The van der Waals surface area contributed by atoms with Gasteiger partial charge in [-0.25, -0.2) is 0 Å². The highest BCUT2D eigenvalue weighted by Gasteiger charge is 2.32. The van der Waals surface area contributed by atoms with E-state index in [0.29, 0.717) is 5.92 Å². The smallest absolute Gasteiger partial charge is 0.225 e. The third-order valence-electron chi connectivity index (χ3n) is 3.39. The van der Waals surface area contributed by atoms with E-state index in [2.05, 4.69) is 35.1 Å². The molecule has 1 rings (SSSR count). The molecule has 100 valence electrons. The topological polar surface area (TPSA) is 38.3 Å². The maximum Gasteiger partial charge on any atom is 0.225 e. The third kappa shape index (κ3) is 4.96. The van der Waals surface area contributed by atoms with Gasteiger partial charge in [-0.2, -0.15) is 0 Å². The fraction of sp³-hybridized carbons (Fsp3) is 0.923. The molecule has 3 nitrogen and oxygen atoms in total. The predicted molar refractivity (Wildman–Crippen MR) is 73.3 cm³/mol. The molecule has 3 unspecified atom stereocenters. The first-order chi connectivity index (χ1) is 8.19. The van der Waals surface area contributed by atoms with Gasteiger partial charge in [-0.1, -0.05) is 29.8 Å². The second-order valence-corrected chi connectivity index (χ2v) is 5.55. The normalized spacial score (nSPS) is 25.8. The number of amides is 1. The molecule has 0 aromatic rings. The summed E-state index contributed by atoms with van der Waals surface area (Å²) < 4.78 is 5.53. The number of carbonyl (C=O) groups is 1. The Kier molecular flexibility index (Phi) is 7.12. The number of rotatable bonds is 7. The molecule has 1 saturated heterocycles. The molecular formula is C13H24BrNO2. The molecule has 0 aliphatic carbocycles. The van der Waals surface area contributed by atoms with E-state index in [1.165, 1.54) is 0 Å². The molecule has 1 heterocycles. The number of carbonyl (C=O) groups excluding carboxylic acids is 1. The molecule has 1 fully saturated rings. The van der Waals surface area contributed by atoms with E-state index in [-0.39, 0.29) is 17.9 Å². The Hall–Kier alpha value is -0.0900. The van der Waals surface area contributed by atoms with Crippen molar-refractivity contribution in [1.29, 1.82) is 0 Å². The number of halogens is 1. The molecule has 1 N–H and O–H groups in total. The average Bonchev–Trinajstić information content (AvgIpc) is 2.82. The monoisotopic (exact) mass is 305 g/mol. The number of alkyl halides is 1. The van der Waals surface area contributed by atoms with Crippen LogP contribution in [0.2, 0.25) is 0 Å². The minimum absolute atomic E-state index is 0.0774. The lowest BCUT2D eigenvalue weighted by molar-refractivity contribution is -0.126. The highest BCUT2D eigenvalue weighted by Crippen LogP contribution is 2.23. The highest BCUT2D eigenvalue weighted by atomic mass is 79.9. The largest absolute Gasteiger partial charge is 0.377 e. The van der Waals surface area contributed by atoms with Crippen LogP contribution in [-0.2, 0) is 9.53 Å². The lowest BCUT2D eigenvalue weighted by Crippen LogP contribution is -2.35. The predicted octanol–water partition coefficient (Wildman–Crippen LogP) is 2.73. The van der Waals surface area contributed by atoms with E-state index in [1.807, 2.05) is 0 Å². The Morgan fingerprint density at radius 1 is 1.59 bits per heavy atom. The molecule has 0 aromatic carbocycles. The minimum Gasteiger partial charge on any atom is -0.377 e. The fourth-order valence-corrected chi connectivity index (χ4v) is 2.54. The van der Waals surface area contributed by atoms with Crippen molar-refractivity contribution in [1.82, 2.24) is 5.32 Å². The molecule has 0 aromatic heterocycles. The van der Waals surface area contributed by atoms with E-state index in [4.69, 9.17) is 4.74 Å².